The van der Waals surface area contributed by atoms with E-state index >= 15 is 0 Å². The summed E-state index contributed by atoms with van der Waals surface area (Å²) in [7, 11) is 0. The number of hydrogen-bond donors (Lipinski definition) is 0. The molecule has 0 radical (unpaired) electrons. The summed E-state index contributed by atoms with van der Waals surface area (Å²) in [5.74, 6) is 0. The first-order valence-corrected chi connectivity index (χ1v) is 9.23. The van der Waals surface area contributed by atoms with Crippen molar-refractivity contribution in [2.75, 3.05) is 0 Å². The van der Waals surface area contributed by atoms with Gasteiger partial charge < -0.3 is 0 Å². The summed E-state index contributed by atoms with van der Waals surface area (Å²) in [5.41, 5.74) is 4.22. The Morgan fingerprint density at radius 2 is 1.73 bits per heavy atom. The number of fused-ring (bicyclic) bond motifs is 1. The van der Waals surface area contributed by atoms with Crippen LogP contribution in [0, 0.1) is 6.92 Å². The van der Waals surface area contributed by atoms with Crippen molar-refractivity contribution in [2.45, 2.75) is 46.0 Å². The molecular formula is C21H24S. The van der Waals surface area contributed by atoms with Crippen molar-refractivity contribution in [1.82, 2.24) is 0 Å². The van der Waals surface area contributed by atoms with Gasteiger partial charge in [0.05, 0.1) is 0 Å². The van der Waals surface area contributed by atoms with Crippen LogP contribution in [0.2, 0.25) is 0 Å². The van der Waals surface area contributed by atoms with Crippen molar-refractivity contribution in [3.05, 3.63) is 59.0 Å². The van der Waals surface area contributed by atoms with Crippen molar-refractivity contribution in [3.8, 4) is 10.4 Å². The summed E-state index contributed by atoms with van der Waals surface area (Å²) >= 11 is 1.88. The quantitative estimate of drug-likeness (QED) is 0.430. The molecule has 1 aromatic heterocycles. The normalized spacial score (nSPS) is 11.2. The largest absolute Gasteiger partial charge is 0.144 e. The molecule has 1 heterocycles. The minimum absolute atomic E-state index is 1.21. The Labute approximate surface area is 137 Å². The smallest absolute Gasteiger partial charge is 0.0374 e. The van der Waals surface area contributed by atoms with E-state index in [0.717, 1.165) is 0 Å². The van der Waals surface area contributed by atoms with E-state index in [1.54, 1.807) is 0 Å². The molecule has 0 atom stereocenters. The van der Waals surface area contributed by atoms with Crippen LogP contribution >= 0.6 is 11.3 Å². The van der Waals surface area contributed by atoms with Gasteiger partial charge in [0.1, 0.15) is 0 Å². The lowest BCUT2D eigenvalue weighted by Crippen LogP contribution is -1.87. The number of rotatable bonds is 6. The summed E-state index contributed by atoms with van der Waals surface area (Å²) in [5, 5.41) is 4.92. The third-order valence-electron chi connectivity index (χ3n) is 4.30. The van der Waals surface area contributed by atoms with Gasteiger partial charge in [-0.25, -0.2) is 0 Å². The van der Waals surface area contributed by atoms with Crippen LogP contribution in [0.15, 0.2) is 47.8 Å². The van der Waals surface area contributed by atoms with Gasteiger partial charge in [-0.15, -0.1) is 11.3 Å². The lowest BCUT2D eigenvalue weighted by Gasteiger charge is -2.07. The minimum atomic E-state index is 1.21. The average Bonchev–Trinajstić information content (AvgIpc) is 2.99. The third-order valence-corrected chi connectivity index (χ3v) is 5.31. The van der Waals surface area contributed by atoms with Gasteiger partial charge in [0.15, 0.2) is 0 Å². The summed E-state index contributed by atoms with van der Waals surface area (Å²) in [6.45, 7) is 4.43. The molecule has 0 unspecified atom stereocenters. The molecule has 0 bridgehead atoms. The molecule has 22 heavy (non-hydrogen) atoms. The SMILES string of the molecule is CCCCCCc1ccsc1-c1ccc2ccc(C)cc2c1. The monoisotopic (exact) mass is 308 g/mol. The highest BCUT2D eigenvalue weighted by atomic mass is 32.1. The number of benzene rings is 2. The second kappa shape index (κ2) is 7.11. The van der Waals surface area contributed by atoms with Crippen LogP contribution in [0.1, 0.15) is 43.7 Å². The Hall–Kier alpha value is -1.60. The van der Waals surface area contributed by atoms with Crippen molar-refractivity contribution in [2.24, 2.45) is 0 Å². The second-order valence-electron chi connectivity index (χ2n) is 6.15. The Kier molecular flexibility index (Phi) is 4.94. The van der Waals surface area contributed by atoms with Gasteiger partial charge in [0.2, 0.25) is 0 Å². The van der Waals surface area contributed by atoms with E-state index in [4.69, 9.17) is 0 Å². The molecule has 114 valence electrons. The number of unbranched alkanes of at least 4 members (excludes halogenated alkanes) is 3. The van der Waals surface area contributed by atoms with Crippen molar-refractivity contribution >= 4 is 22.1 Å². The third kappa shape index (κ3) is 3.41. The highest BCUT2D eigenvalue weighted by Crippen LogP contribution is 2.33. The maximum absolute atomic E-state index is 2.35. The lowest BCUT2D eigenvalue weighted by atomic mass is 10.0. The van der Waals surface area contributed by atoms with E-state index in [1.807, 2.05) is 11.3 Å². The van der Waals surface area contributed by atoms with Gasteiger partial charge in [-0.3, -0.25) is 0 Å². The van der Waals surface area contributed by atoms with Crippen LogP contribution in [-0.2, 0) is 6.42 Å². The Bertz CT molecular complexity index is 751. The minimum Gasteiger partial charge on any atom is -0.144 e. The summed E-state index contributed by atoms with van der Waals surface area (Å²) in [6.07, 6.45) is 6.53. The van der Waals surface area contributed by atoms with E-state index in [0.29, 0.717) is 0 Å². The molecule has 0 aliphatic heterocycles. The first-order valence-electron chi connectivity index (χ1n) is 8.35. The Morgan fingerprint density at radius 1 is 0.864 bits per heavy atom. The average molecular weight is 308 g/mol. The fourth-order valence-corrected chi connectivity index (χ4v) is 3.99. The summed E-state index contributed by atoms with van der Waals surface area (Å²) < 4.78 is 0. The van der Waals surface area contributed by atoms with Gasteiger partial charge in [-0.1, -0.05) is 62.1 Å². The van der Waals surface area contributed by atoms with Crippen molar-refractivity contribution in [3.63, 3.8) is 0 Å². The highest BCUT2D eigenvalue weighted by molar-refractivity contribution is 7.13. The second-order valence-corrected chi connectivity index (χ2v) is 7.07. The summed E-state index contributed by atoms with van der Waals surface area (Å²) in [6, 6.07) is 15.9. The van der Waals surface area contributed by atoms with E-state index < -0.39 is 0 Å². The fourth-order valence-electron chi connectivity index (χ4n) is 3.04. The van der Waals surface area contributed by atoms with E-state index in [9.17, 15) is 0 Å². The van der Waals surface area contributed by atoms with Gasteiger partial charge in [0.25, 0.3) is 0 Å². The van der Waals surface area contributed by atoms with E-state index in [1.165, 1.54) is 64.4 Å². The highest BCUT2D eigenvalue weighted by Gasteiger charge is 2.07. The van der Waals surface area contributed by atoms with Crippen LogP contribution in [0.25, 0.3) is 21.2 Å². The molecule has 0 aliphatic carbocycles. The zero-order valence-corrected chi connectivity index (χ0v) is 14.4. The zero-order chi connectivity index (χ0) is 15.4. The van der Waals surface area contributed by atoms with Crippen LogP contribution in [0.4, 0.5) is 0 Å². The van der Waals surface area contributed by atoms with Crippen molar-refractivity contribution in [1.29, 1.82) is 0 Å². The van der Waals surface area contributed by atoms with Gasteiger partial charge in [0, 0.05) is 4.88 Å². The topological polar surface area (TPSA) is 0 Å². The molecule has 0 saturated carbocycles. The van der Waals surface area contributed by atoms with Crippen LogP contribution in [0.5, 0.6) is 0 Å². The van der Waals surface area contributed by atoms with E-state index in [2.05, 4.69) is 61.7 Å². The molecule has 3 aromatic rings. The molecule has 0 N–H and O–H groups in total. The molecule has 0 aliphatic rings. The lowest BCUT2D eigenvalue weighted by molar-refractivity contribution is 0.668. The molecule has 0 saturated heterocycles. The molecule has 0 nitrogen and oxygen atoms in total. The van der Waals surface area contributed by atoms with Crippen molar-refractivity contribution < 1.29 is 0 Å². The Morgan fingerprint density at radius 3 is 2.59 bits per heavy atom. The number of aryl methyl sites for hydroxylation is 2. The predicted molar refractivity (Wildman–Crippen MR) is 99.8 cm³/mol. The standard InChI is InChI=1S/C21H24S/c1-3-4-5-6-7-18-12-13-22-21(18)19-11-10-17-9-8-16(2)14-20(17)15-19/h8-15H,3-7H2,1-2H3. The van der Waals surface area contributed by atoms with Crippen LogP contribution in [0.3, 0.4) is 0 Å². The molecule has 1 heteroatoms. The van der Waals surface area contributed by atoms with E-state index in [-0.39, 0.29) is 0 Å². The maximum Gasteiger partial charge on any atom is 0.0374 e. The molecule has 0 fully saturated rings. The summed E-state index contributed by atoms with van der Waals surface area (Å²) in [4.78, 5) is 1.46. The zero-order valence-electron chi connectivity index (χ0n) is 13.6. The molecule has 0 spiro atoms. The predicted octanol–water partition coefficient (Wildman–Crippen LogP) is 7.00. The fraction of sp³-hybridized carbons (Fsp3) is 0.333. The molecule has 3 rings (SSSR count). The first kappa shape index (κ1) is 15.3. The van der Waals surface area contributed by atoms with Gasteiger partial charge in [-0.05, 0) is 59.2 Å². The van der Waals surface area contributed by atoms with Gasteiger partial charge in [-0.2, -0.15) is 0 Å². The number of hydrogen-bond acceptors (Lipinski definition) is 1. The number of thiophene rings is 1. The van der Waals surface area contributed by atoms with Gasteiger partial charge >= 0.3 is 0 Å². The molecule has 2 aromatic carbocycles. The molecule has 0 amide bonds. The first-order chi connectivity index (χ1) is 10.8. The van der Waals surface area contributed by atoms with Crippen LogP contribution in [-0.4, -0.2) is 0 Å². The van der Waals surface area contributed by atoms with Crippen LogP contribution < -0.4 is 0 Å². The Balaban J connectivity index is 1.86. The molecular weight excluding hydrogens is 284 g/mol. The maximum atomic E-state index is 2.35.